The zero-order valence-electron chi connectivity index (χ0n) is 17.3. The molecule has 0 aromatic heterocycles. The van der Waals surface area contributed by atoms with Crippen LogP contribution < -0.4 is 10.6 Å². The number of halogens is 2. The maximum absolute atomic E-state index is 12.6. The highest BCUT2D eigenvalue weighted by Gasteiger charge is 2.39. The van der Waals surface area contributed by atoms with Gasteiger partial charge in [0.1, 0.15) is 0 Å². The molecule has 0 bridgehead atoms. The molecule has 0 aliphatic carbocycles. The Kier molecular flexibility index (Phi) is 8.29. The molecule has 3 heterocycles. The first kappa shape index (κ1) is 21.7. The normalized spacial score (nSPS) is 25.4. The van der Waals surface area contributed by atoms with Gasteiger partial charge in [0.15, 0.2) is 5.96 Å². The van der Waals surface area contributed by atoms with Gasteiger partial charge in [-0.2, -0.15) is 0 Å². The molecule has 8 heteroatoms. The number of likely N-dealkylation sites (tertiary alicyclic amines) is 2. The molecule has 0 aromatic carbocycles. The first-order valence-corrected chi connectivity index (χ1v) is 11.0. The Bertz CT molecular complexity index is 485. The summed E-state index contributed by atoms with van der Waals surface area (Å²) in [5.41, 5.74) is 0.123. The minimum Gasteiger partial charge on any atom is -0.381 e. The third kappa shape index (κ3) is 6.00. The molecule has 3 saturated heterocycles. The van der Waals surface area contributed by atoms with Crippen LogP contribution in [0.1, 0.15) is 45.4 Å². The molecule has 28 heavy (non-hydrogen) atoms. The van der Waals surface area contributed by atoms with Gasteiger partial charge in [0.05, 0.1) is 13.1 Å². The summed E-state index contributed by atoms with van der Waals surface area (Å²) in [4.78, 5) is 9.47. The first-order chi connectivity index (χ1) is 13.6. The molecule has 0 amide bonds. The summed E-state index contributed by atoms with van der Waals surface area (Å²) < 4.78 is 30.8. The topological polar surface area (TPSA) is 52.1 Å². The van der Waals surface area contributed by atoms with Crippen LogP contribution in [0.2, 0.25) is 0 Å². The van der Waals surface area contributed by atoms with Crippen LogP contribution in [0.4, 0.5) is 8.78 Å². The predicted molar refractivity (Wildman–Crippen MR) is 108 cm³/mol. The summed E-state index contributed by atoms with van der Waals surface area (Å²) >= 11 is 0. The Morgan fingerprint density at radius 1 is 1.14 bits per heavy atom. The van der Waals surface area contributed by atoms with E-state index in [1.807, 2.05) is 4.90 Å². The number of hydrogen-bond donors (Lipinski definition) is 2. The molecule has 0 unspecified atom stereocenters. The van der Waals surface area contributed by atoms with Gasteiger partial charge in [-0.15, -0.1) is 0 Å². The van der Waals surface area contributed by atoms with Gasteiger partial charge in [-0.05, 0) is 58.5 Å². The molecular weight excluding hydrogens is 364 g/mol. The van der Waals surface area contributed by atoms with Gasteiger partial charge < -0.3 is 15.4 Å². The number of guanidine groups is 1. The number of nitrogens with zero attached hydrogens (tertiary/aromatic N) is 3. The van der Waals surface area contributed by atoms with Crippen LogP contribution in [-0.4, -0.2) is 92.8 Å². The van der Waals surface area contributed by atoms with E-state index in [4.69, 9.17) is 9.73 Å². The van der Waals surface area contributed by atoms with Crippen molar-refractivity contribution < 1.29 is 13.5 Å². The van der Waals surface area contributed by atoms with Gasteiger partial charge in [-0.3, -0.25) is 14.8 Å². The van der Waals surface area contributed by atoms with E-state index in [1.54, 1.807) is 0 Å². The maximum atomic E-state index is 12.6. The average Bonchev–Trinajstić information content (AvgIpc) is 3.24. The van der Waals surface area contributed by atoms with E-state index in [0.29, 0.717) is 6.04 Å². The first-order valence-electron chi connectivity index (χ1n) is 11.0. The summed E-state index contributed by atoms with van der Waals surface area (Å²) in [6.45, 7) is 8.98. The van der Waals surface area contributed by atoms with Crippen molar-refractivity contribution in [2.24, 2.45) is 4.99 Å². The second-order valence-corrected chi connectivity index (χ2v) is 8.34. The number of aliphatic imine (C=N–C) groups is 1. The van der Waals surface area contributed by atoms with E-state index < -0.39 is 6.43 Å². The van der Waals surface area contributed by atoms with Crippen molar-refractivity contribution in [3.05, 3.63) is 0 Å². The lowest BCUT2D eigenvalue weighted by Crippen LogP contribution is -2.54. The molecule has 3 rings (SSSR count). The van der Waals surface area contributed by atoms with Crippen LogP contribution in [-0.2, 0) is 4.74 Å². The number of piperidine rings is 1. The standard InChI is InChI=1S/C20H37F2N5O/c1-2-23-19(25-17-5-11-26(12-6-17)15-18(21)22)24-16-20(7-13-28-14-8-20)27-9-3-4-10-27/h17-18H,2-16H2,1H3,(H2,23,24,25). The third-order valence-electron chi connectivity index (χ3n) is 6.40. The number of nitrogens with one attached hydrogen (secondary N) is 2. The smallest absolute Gasteiger partial charge is 0.251 e. The molecule has 162 valence electrons. The van der Waals surface area contributed by atoms with E-state index in [1.165, 1.54) is 25.9 Å². The monoisotopic (exact) mass is 401 g/mol. The average molecular weight is 402 g/mol. The SMILES string of the molecule is CCNC(=NCC1(N2CCCC2)CCOCC1)NC1CCN(CC(F)F)CC1. The maximum Gasteiger partial charge on any atom is 0.251 e. The van der Waals surface area contributed by atoms with Gasteiger partial charge in [0.2, 0.25) is 0 Å². The van der Waals surface area contributed by atoms with Crippen LogP contribution in [0.5, 0.6) is 0 Å². The van der Waals surface area contributed by atoms with E-state index in [-0.39, 0.29) is 12.1 Å². The van der Waals surface area contributed by atoms with E-state index in [0.717, 1.165) is 71.0 Å². The minimum atomic E-state index is -2.25. The molecule has 0 saturated carbocycles. The van der Waals surface area contributed by atoms with Crippen LogP contribution in [0.3, 0.4) is 0 Å². The minimum absolute atomic E-state index is 0.110. The van der Waals surface area contributed by atoms with Crippen molar-refractivity contribution in [1.82, 2.24) is 20.4 Å². The number of alkyl halides is 2. The lowest BCUT2D eigenvalue weighted by Gasteiger charge is -2.43. The lowest BCUT2D eigenvalue weighted by molar-refractivity contribution is -0.0139. The summed E-state index contributed by atoms with van der Waals surface area (Å²) in [7, 11) is 0. The van der Waals surface area contributed by atoms with Gasteiger partial charge in [-0.25, -0.2) is 8.78 Å². The molecule has 0 aromatic rings. The van der Waals surface area contributed by atoms with E-state index in [2.05, 4.69) is 22.5 Å². The molecular formula is C20H37F2N5O. The highest BCUT2D eigenvalue weighted by atomic mass is 19.3. The third-order valence-corrected chi connectivity index (χ3v) is 6.40. The van der Waals surface area contributed by atoms with Crippen molar-refractivity contribution in [1.29, 1.82) is 0 Å². The Morgan fingerprint density at radius 2 is 1.82 bits per heavy atom. The fourth-order valence-corrected chi connectivity index (χ4v) is 4.71. The Labute approximate surface area is 168 Å². The molecule has 3 fully saturated rings. The van der Waals surface area contributed by atoms with Crippen molar-refractivity contribution in [3.63, 3.8) is 0 Å². The van der Waals surface area contributed by atoms with Gasteiger partial charge in [0, 0.05) is 44.4 Å². The van der Waals surface area contributed by atoms with Crippen molar-refractivity contribution in [2.75, 3.05) is 59.0 Å². The highest BCUT2D eigenvalue weighted by Crippen LogP contribution is 2.31. The molecule has 0 radical (unpaired) electrons. The summed E-state index contributed by atoms with van der Waals surface area (Å²) in [5, 5.41) is 6.93. The molecule has 2 N–H and O–H groups in total. The van der Waals surface area contributed by atoms with Crippen LogP contribution in [0.15, 0.2) is 4.99 Å². The summed E-state index contributed by atoms with van der Waals surface area (Å²) in [6.07, 6.45) is 4.16. The number of ether oxygens (including phenoxy) is 1. The molecule has 0 atom stereocenters. The summed E-state index contributed by atoms with van der Waals surface area (Å²) in [6, 6.07) is 0.296. The lowest BCUT2D eigenvalue weighted by atomic mass is 9.88. The Hall–Kier alpha value is -0.990. The second-order valence-electron chi connectivity index (χ2n) is 8.34. The number of rotatable bonds is 7. The Balaban J connectivity index is 1.57. The Morgan fingerprint density at radius 3 is 2.43 bits per heavy atom. The van der Waals surface area contributed by atoms with Crippen molar-refractivity contribution in [2.45, 2.75) is 63.5 Å². The quantitative estimate of drug-likeness (QED) is 0.504. The largest absolute Gasteiger partial charge is 0.381 e. The fraction of sp³-hybridized carbons (Fsp3) is 0.950. The second kappa shape index (κ2) is 10.7. The molecule has 6 nitrogen and oxygen atoms in total. The molecule has 0 spiro atoms. The van der Waals surface area contributed by atoms with Gasteiger partial charge in [0.25, 0.3) is 6.43 Å². The van der Waals surface area contributed by atoms with Gasteiger partial charge in [-0.1, -0.05) is 0 Å². The van der Waals surface area contributed by atoms with E-state index >= 15 is 0 Å². The van der Waals surface area contributed by atoms with Crippen LogP contribution >= 0.6 is 0 Å². The molecule has 3 aliphatic rings. The zero-order chi connectivity index (χ0) is 19.8. The van der Waals surface area contributed by atoms with E-state index in [9.17, 15) is 8.78 Å². The zero-order valence-corrected chi connectivity index (χ0v) is 17.3. The summed E-state index contributed by atoms with van der Waals surface area (Å²) in [5.74, 6) is 0.861. The van der Waals surface area contributed by atoms with Crippen LogP contribution in [0, 0.1) is 0 Å². The van der Waals surface area contributed by atoms with Crippen LogP contribution in [0.25, 0.3) is 0 Å². The highest BCUT2D eigenvalue weighted by molar-refractivity contribution is 5.80. The fourth-order valence-electron chi connectivity index (χ4n) is 4.71. The van der Waals surface area contributed by atoms with Gasteiger partial charge >= 0.3 is 0 Å². The number of hydrogen-bond acceptors (Lipinski definition) is 4. The van der Waals surface area contributed by atoms with Crippen molar-refractivity contribution >= 4 is 5.96 Å². The van der Waals surface area contributed by atoms with Crippen molar-refractivity contribution in [3.8, 4) is 0 Å². The molecule has 3 aliphatic heterocycles. The predicted octanol–water partition coefficient (Wildman–Crippen LogP) is 1.92.